The van der Waals surface area contributed by atoms with Gasteiger partial charge in [0.1, 0.15) is 22.6 Å². The summed E-state index contributed by atoms with van der Waals surface area (Å²) < 4.78 is 23.5. The number of amides is 2. The Morgan fingerprint density at radius 2 is 1.57 bits per heavy atom. The van der Waals surface area contributed by atoms with Crippen LogP contribution in [0.5, 0.6) is 11.5 Å². The third-order valence-electron chi connectivity index (χ3n) is 5.32. The number of thioether (sulfide) groups is 1. The Balaban J connectivity index is 1.54. The highest BCUT2D eigenvalue weighted by Gasteiger charge is 2.39. The molecular weight excluding hydrogens is 469 g/mol. The van der Waals surface area contributed by atoms with Crippen molar-refractivity contribution in [2.75, 3.05) is 19.5 Å². The summed E-state index contributed by atoms with van der Waals surface area (Å²) in [4.78, 5) is 32.2. The predicted molar refractivity (Wildman–Crippen MR) is 135 cm³/mol. The normalized spacial score (nSPS) is 16.4. The second-order valence-electron chi connectivity index (χ2n) is 7.73. The van der Waals surface area contributed by atoms with Crippen molar-refractivity contribution in [2.24, 2.45) is 4.99 Å². The van der Waals surface area contributed by atoms with Gasteiger partial charge in [0.2, 0.25) is 11.8 Å². The van der Waals surface area contributed by atoms with Crippen LogP contribution in [0, 0.1) is 5.82 Å². The number of halogens is 1. The lowest BCUT2D eigenvalue weighted by Crippen LogP contribution is -2.33. The van der Waals surface area contributed by atoms with Crippen LogP contribution >= 0.6 is 11.8 Å². The average Bonchev–Trinajstić information content (AvgIpc) is 3.15. The third kappa shape index (κ3) is 6.19. The van der Waals surface area contributed by atoms with Crippen LogP contribution in [0.15, 0.2) is 77.8 Å². The fourth-order valence-electron chi connectivity index (χ4n) is 3.46. The van der Waals surface area contributed by atoms with E-state index in [0.717, 1.165) is 11.3 Å². The van der Waals surface area contributed by atoms with Crippen molar-refractivity contribution in [3.8, 4) is 11.5 Å². The van der Waals surface area contributed by atoms with E-state index in [4.69, 9.17) is 9.47 Å². The standard InChI is InChI=1S/C26H24FN3O4S/c1-33-21-11-3-17(4-12-21)16-30-25(32)23(15-24(31)28-19-7-5-18(27)6-8-19)35-26(30)29-20-9-13-22(34-2)14-10-20/h3-14,23H,15-16H2,1-2H3,(H,28,31). The molecule has 0 aliphatic carbocycles. The number of hydrogen-bond acceptors (Lipinski definition) is 6. The molecule has 1 saturated heterocycles. The lowest BCUT2D eigenvalue weighted by Gasteiger charge is -2.17. The molecule has 3 aromatic carbocycles. The molecule has 1 aliphatic rings. The molecule has 1 unspecified atom stereocenters. The molecule has 7 nitrogen and oxygen atoms in total. The van der Waals surface area contributed by atoms with Crippen molar-refractivity contribution < 1.29 is 23.5 Å². The molecule has 2 amide bonds. The molecule has 1 atom stereocenters. The van der Waals surface area contributed by atoms with Gasteiger partial charge in [0, 0.05) is 12.1 Å². The summed E-state index contributed by atoms with van der Waals surface area (Å²) in [5.74, 6) is 0.496. The van der Waals surface area contributed by atoms with Crippen molar-refractivity contribution in [1.29, 1.82) is 0 Å². The van der Waals surface area contributed by atoms with Crippen LogP contribution in [0.2, 0.25) is 0 Å². The Morgan fingerprint density at radius 3 is 2.17 bits per heavy atom. The summed E-state index contributed by atoms with van der Waals surface area (Å²) in [6, 6.07) is 20.1. The maximum absolute atomic E-state index is 13.3. The molecule has 0 aromatic heterocycles. The zero-order valence-electron chi connectivity index (χ0n) is 19.2. The first kappa shape index (κ1) is 24.3. The molecule has 9 heteroatoms. The van der Waals surface area contributed by atoms with Crippen molar-refractivity contribution in [3.63, 3.8) is 0 Å². The molecular formula is C26H24FN3O4S. The average molecular weight is 494 g/mol. The van der Waals surface area contributed by atoms with E-state index < -0.39 is 11.1 Å². The summed E-state index contributed by atoms with van der Waals surface area (Å²) in [6.45, 7) is 0.306. The van der Waals surface area contributed by atoms with Gasteiger partial charge >= 0.3 is 0 Å². The molecule has 0 spiro atoms. The molecule has 0 bridgehead atoms. The van der Waals surface area contributed by atoms with Gasteiger partial charge in [-0.25, -0.2) is 9.38 Å². The van der Waals surface area contributed by atoms with Gasteiger partial charge in [0.25, 0.3) is 0 Å². The minimum absolute atomic E-state index is 0.0401. The minimum Gasteiger partial charge on any atom is -0.497 e. The molecule has 180 valence electrons. The Kier molecular flexibility index (Phi) is 7.67. The number of carbonyl (C=O) groups is 2. The predicted octanol–water partition coefficient (Wildman–Crippen LogP) is 5.00. The first-order valence-electron chi connectivity index (χ1n) is 10.8. The van der Waals surface area contributed by atoms with E-state index in [-0.39, 0.29) is 18.2 Å². The van der Waals surface area contributed by atoms with Gasteiger partial charge in [0.15, 0.2) is 5.17 Å². The molecule has 1 heterocycles. The van der Waals surface area contributed by atoms with Crippen molar-refractivity contribution in [3.05, 3.63) is 84.2 Å². The summed E-state index contributed by atoms with van der Waals surface area (Å²) >= 11 is 1.25. The number of methoxy groups -OCH3 is 2. The summed E-state index contributed by atoms with van der Waals surface area (Å²) in [6.07, 6.45) is -0.0401. The largest absolute Gasteiger partial charge is 0.497 e. The number of nitrogens with one attached hydrogen (secondary N) is 1. The fraction of sp³-hybridized carbons (Fsp3) is 0.192. The lowest BCUT2D eigenvalue weighted by molar-refractivity contribution is -0.128. The lowest BCUT2D eigenvalue weighted by atomic mass is 10.2. The quantitative estimate of drug-likeness (QED) is 0.478. The fourth-order valence-corrected chi connectivity index (χ4v) is 4.62. The number of carbonyl (C=O) groups excluding carboxylic acids is 2. The van der Waals surface area contributed by atoms with E-state index in [9.17, 15) is 14.0 Å². The highest BCUT2D eigenvalue weighted by atomic mass is 32.2. The van der Waals surface area contributed by atoms with Crippen LogP contribution in [0.1, 0.15) is 12.0 Å². The SMILES string of the molecule is COc1ccc(CN2C(=O)C(CC(=O)Nc3ccc(F)cc3)SC2=Nc2ccc(OC)cc2)cc1. The number of aliphatic imine (C=N–C) groups is 1. The number of ether oxygens (including phenoxy) is 2. The van der Waals surface area contributed by atoms with E-state index in [1.54, 1.807) is 43.4 Å². The van der Waals surface area contributed by atoms with Crippen LogP contribution in [-0.2, 0) is 16.1 Å². The molecule has 1 fully saturated rings. The molecule has 4 rings (SSSR count). The Morgan fingerprint density at radius 1 is 0.971 bits per heavy atom. The van der Waals surface area contributed by atoms with E-state index in [1.807, 2.05) is 24.3 Å². The van der Waals surface area contributed by atoms with Crippen LogP contribution < -0.4 is 14.8 Å². The smallest absolute Gasteiger partial charge is 0.242 e. The van der Waals surface area contributed by atoms with Gasteiger partial charge < -0.3 is 14.8 Å². The molecule has 1 N–H and O–H groups in total. The van der Waals surface area contributed by atoms with Crippen LogP contribution in [0.4, 0.5) is 15.8 Å². The molecule has 0 radical (unpaired) electrons. The van der Waals surface area contributed by atoms with Crippen molar-refractivity contribution in [2.45, 2.75) is 18.2 Å². The van der Waals surface area contributed by atoms with Gasteiger partial charge in [-0.1, -0.05) is 23.9 Å². The Bertz CT molecular complexity index is 1210. The second-order valence-corrected chi connectivity index (χ2v) is 8.90. The van der Waals surface area contributed by atoms with E-state index in [2.05, 4.69) is 10.3 Å². The molecule has 0 saturated carbocycles. The van der Waals surface area contributed by atoms with E-state index in [0.29, 0.717) is 28.8 Å². The van der Waals surface area contributed by atoms with Gasteiger partial charge in [-0.15, -0.1) is 0 Å². The number of anilines is 1. The van der Waals surface area contributed by atoms with Gasteiger partial charge in [-0.3, -0.25) is 14.5 Å². The Hall–Kier alpha value is -3.85. The van der Waals surface area contributed by atoms with Gasteiger partial charge in [-0.2, -0.15) is 0 Å². The first-order valence-corrected chi connectivity index (χ1v) is 11.7. The topological polar surface area (TPSA) is 80.2 Å². The zero-order chi connectivity index (χ0) is 24.8. The number of benzene rings is 3. The number of hydrogen-bond donors (Lipinski definition) is 1. The number of amidine groups is 1. The highest BCUT2D eigenvalue weighted by Crippen LogP contribution is 2.33. The maximum Gasteiger partial charge on any atom is 0.242 e. The molecule has 1 aliphatic heterocycles. The van der Waals surface area contributed by atoms with Crippen molar-refractivity contribution >= 4 is 40.1 Å². The molecule has 35 heavy (non-hydrogen) atoms. The van der Waals surface area contributed by atoms with E-state index in [1.165, 1.54) is 36.0 Å². The third-order valence-corrected chi connectivity index (χ3v) is 6.49. The highest BCUT2D eigenvalue weighted by molar-refractivity contribution is 8.15. The second kappa shape index (κ2) is 11.1. The van der Waals surface area contributed by atoms with Crippen LogP contribution in [0.3, 0.4) is 0 Å². The summed E-state index contributed by atoms with van der Waals surface area (Å²) in [7, 11) is 3.18. The van der Waals surface area contributed by atoms with Gasteiger partial charge in [0.05, 0.1) is 26.5 Å². The summed E-state index contributed by atoms with van der Waals surface area (Å²) in [5.41, 5.74) is 2.03. The Labute approximate surface area is 207 Å². The molecule has 3 aromatic rings. The maximum atomic E-state index is 13.3. The van der Waals surface area contributed by atoms with Gasteiger partial charge in [-0.05, 0) is 66.2 Å². The first-order chi connectivity index (χ1) is 16.9. The zero-order valence-corrected chi connectivity index (χ0v) is 20.0. The summed E-state index contributed by atoms with van der Waals surface area (Å²) in [5, 5.41) is 2.59. The number of nitrogens with zero attached hydrogens (tertiary/aromatic N) is 2. The van der Waals surface area contributed by atoms with E-state index >= 15 is 0 Å². The van der Waals surface area contributed by atoms with Crippen molar-refractivity contribution in [1.82, 2.24) is 4.90 Å². The van der Waals surface area contributed by atoms with Crippen LogP contribution in [-0.4, -0.2) is 41.4 Å². The van der Waals surface area contributed by atoms with Crippen LogP contribution in [0.25, 0.3) is 0 Å². The monoisotopic (exact) mass is 493 g/mol. The minimum atomic E-state index is -0.634. The number of rotatable bonds is 8.